The fraction of sp³-hybridized carbons (Fsp3) is 0.375. The molecule has 0 bridgehead atoms. The second-order valence-electron chi connectivity index (χ2n) is 5.29. The molecule has 1 fully saturated rings. The highest BCUT2D eigenvalue weighted by Gasteiger charge is 2.13. The Labute approximate surface area is 135 Å². The normalized spacial score (nSPS) is 17.9. The average Bonchev–Trinajstić information content (AvgIpc) is 3.09. The lowest BCUT2D eigenvalue weighted by Gasteiger charge is -2.23. The van der Waals surface area contributed by atoms with Gasteiger partial charge in [-0.15, -0.1) is 0 Å². The van der Waals surface area contributed by atoms with Crippen LogP contribution in [-0.4, -0.2) is 29.5 Å². The molecule has 1 aromatic heterocycles. The van der Waals surface area contributed by atoms with Crippen LogP contribution in [-0.2, 0) is 4.74 Å². The van der Waals surface area contributed by atoms with Crippen molar-refractivity contribution in [1.82, 2.24) is 10.5 Å². The molecular formula is C16H19N3O2S. The van der Waals surface area contributed by atoms with Crippen molar-refractivity contribution >= 4 is 23.0 Å². The molecule has 0 saturated carbocycles. The highest BCUT2D eigenvalue weighted by molar-refractivity contribution is 7.80. The maximum atomic E-state index is 5.68. The van der Waals surface area contributed by atoms with Gasteiger partial charge >= 0.3 is 0 Å². The standard InChI is InChI=1S/C16H19N3O2S/c22-16(17-11-14-6-1-2-8-20-14)18-13-5-3-4-12(10-13)15-7-9-21-19-15/h3-5,7,9-10,14H,1-2,6,8,11H2,(H2,17,18,22). The van der Waals surface area contributed by atoms with Gasteiger partial charge in [-0.2, -0.15) is 0 Å². The Bertz CT molecular complexity index is 610. The highest BCUT2D eigenvalue weighted by Crippen LogP contribution is 2.20. The van der Waals surface area contributed by atoms with E-state index in [1.807, 2.05) is 30.3 Å². The summed E-state index contributed by atoms with van der Waals surface area (Å²) in [4.78, 5) is 0. The van der Waals surface area contributed by atoms with E-state index < -0.39 is 0 Å². The van der Waals surface area contributed by atoms with Crippen molar-refractivity contribution in [3.63, 3.8) is 0 Å². The number of hydrogen-bond acceptors (Lipinski definition) is 4. The first kappa shape index (κ1) is 15.0. The number of benzene rings is 1. The number of anilines is 1. The Morgan fingerprint density at radius 3 is 3.05 bits per heavy atom. The monoisotopic (exact) mass is 317 g/mol. The van der Waals surface area contributed by atoms with Crippen molar-refractivity contribution in [3.05, 3.63) is 36.6 Å². The lowest BCUT2D eigenvalue weighted by atomic mass is 10.1. The summed E-state index contributed by atoms with van der Waals surface area (Å²) in [5, 5.41) is 10.9. The molecule has 1 aliphatic rings. The van der Waals surface area contributed by atoms with Gasteiger partial charge in [-0.05, 0) is 43.6 Å². The Balaban J connectivity index is 1.54. The van der Waals surface area contributed by atoms with Gasteiger partial charge in [0, 0.05) is 30.5 Å². The average molecular weight is 317 g/mol. The molecule has 22 heavy (non-hydrogen) atoms. The summed E-state index contributed by atoms with van der Waals surface area (Å²) in [5.74, 6) is 0. The molecule has 1 unspecified atom stereocenters. The van der Waals surface area contributed by atoms with E-state index in [-0.39, 0.29) is 6.10 Å². The predicted octanol–water partition coefficient (Wildman–Crippen LogP) is 3.20. The predicted molar refractivity (Wildman–Crippen MR) is 89.8 cm³/mol. The number of nitrogens with one attached hydrogen (secondary N) is 2. The second-order valence-corrected chi connectivity index (χ2v) is 5.70. The first-order chi connectivity index (χ1) is 10.8. The molecule has 0 amide bonds. The van der Waals surface area contributed by atoms with Crippen LogP contribution in [0.2, 0.25) is 0 Å². The number of hydrogen-bond donors (Lipinski definition) is 2. The lowest BCUT2D eigenvalue weighted by molar-refractivity contribution is 0.0196. The lowest BCUT2D eigenvalue weighted by Crippen LogP contribution is -2.37. The summed E-state index contributed by atoms with van der Waals surface area (Å²) >= 11 is 5.34. The van der Waals surface area contributed by atoms with Crippen LogP contribution in [0.4, 0.5) is 5.69 Å². The third-order valence-corrected chi connectivity index (χ3v) is 3.86. The Hall–Kier alpha value is -1.92. The van der Waals surface area contributed by atoms with E-state index >= 15 is 0 Å². The van der Waals surface area contributed by atoms with Crippen molar-refractivity contribution in [1.29, 1.82) is 0 Å². The summed E-state index contributed by atoms with van der Waals surface area (Å²) in [5.41, 5.74) is 2.71. The van der Waals surface area contributed by atoms with Crippen LogP contribution < -0.4 is 10.6 Å². The van der Waals surface area contributed by atoms with Crippen LogP contribution in [0.15, 0.2) is 41.1 Å². The van der Waals surface area contributed by atoms with Crippen molar-refractivity contribution < 1.29 is 9.26 Å². The number of aromatic nitrogens is 1. The quantitative estimate of drug-likeness (QED) is 0.845. The van der Waals surface area contributed by atoms with Crippen LogP contribution in [0.25, 0.3) is 11.3 Å². The maximum absolute atomic E-state index is 5.68. The van der Waals surface area contributed by atoms with E-state index in [1.165, 1.54) is 6.42 Å². The minimum atomic E-state index is 0.259. The number of thiocarbonyl (C=S) groups is 1. The van der Waals surface area contributed by atoms with E-state index in [9.17, 15) is 0 Å². The van der Waals surface area contributed by atoms with Gasteiger partial charge in [0.15, 0.2) is 5.11 Å². The van der Waals surface area contributed by atoms with E-state index in [4.69, 9.17) is 21.5 Å². The minimum absolute atomic E-state index is 0.259. The smallest absolute Gasteiger partial charge is 0.170 e. The van der Waals surface area contributed by atoms with Crippen LogP contribution in [0.1, 0.15) is 19.3 Å². The fourth-order valence-electron chi connectivity index (χ4n) is 2.47. The number of ether oxygens (including phenoxy) is 1. The van der Waals surface area contributed by atoms with Gasteiger partial charge in [0.1, 0.15) is 12.0 Å². The van der Waals surface area contributed by atoms with Crippen molar-refractivity contribution in [2.45, 2.75) is 25.4 Å². The summed E-state index contributed by atoms with van der Waals surface area (Å²) in [6.45, 7) is 1.60. The minimum Gasteiger partial charge on any atom is -0.376 e. The maximum Gasteiger partial charge on any atom is 0.170 e. The Morgan fingerprint density at radius 2 is 2.27 bits per heavy atom. The third-order valence-electron chi connectivity index (χ3n) is 3.62. The SMILES string of the molecule is S=C(NCC1CCCCO1)Nc1cccc(-c2ccon2)c1. The number of nitrogens with zero attached hydrogens (tertiary/aromatic N) is 1. The highest BCUT2D eigenvalue weighted by atomic mass is 32.1. The molecule has 1 atom stereocenters. The molecule has 5 nitrogen and oxygen atoms in total. The summed E-state index contributed by atoms with van der Waals surface area (Å²) in [6.07, 6.45) is 5.30. The zero-order valence-corrected chi connectivity index (χ0v) is 13.1. The summed E-state index contributed by atoms with van der Waals surface area (Å²) in [6, 6.07) is 9.72. The van der Waals surface area contributed by atoms with Crippen LogP contribution in [0.3, 0.4) is 0 Å². The molecular weight excluding hydrogens is 298 g/mol. The van der Waals surface area contributed by atoms with Crippen LogP contribution >= 0.6 is 12.2 Å². The van der Waals surface area contributed by atoms with E-state index in [2.05, 4.69) is 15.8 Å². The molecule has 1 aliphatic heterocycles. The first-order valence-electron chi connectivity index (χ1n) is 7.48. The zero-order chi connectivity index (χ0) is 15.2. The summed E-state index contributed by atoms with van der Waals surface area (Å²) in [7, 11) is 0. The zero-order valence-electron chi connectivity index (χ0n) is 12.2. The van der Waals surface area contributed by atoms with Gasteiger partial charge in [0.2, 0.25) is 0 Å². The van der Waals surface area contributed by atoms with Gasteiger partial charge in [0.05, 0.1) is 6.10 Å². The van der Waals surface area contributed by atoms with Crippen molar-refractivity contribution in [2.24, 2.45) is 0 Å². The Kier molecular flexibility index (Phi) is 5.03. The van der Waals surface area contributed by atoms with Gasteiger partial charge in [-0.3, -0.25) is 0 Å². The Morgan fingerprint density at radius 1 is 1.32 bits per heavy atom. The third kappa shape index (κ3) is 4.05. The van der Waals surface area contributed by atoms with Crippen LogP contribution in [0, 0.1) is 0 Å². The molecule has 1 saturated heterocycles. The largest absolute Gasteiger partial charge is 0.376 e. The first-order valence-corrected chi connectivity index (χ1v) is 7.89. The van der Waals surface area contributed by atoms with E-state index in [0.717, 1.165) is 42.9 Å². The van der Waals surface area contributed by atoms with Gasteiger partial charge < -0.3 is 19.9 Å². The van der Waals surface area contributed by atoms with Crippen LogP contribution in [0.5, 0.6) is 0 Å². The van der Waals surface area contributed by atoms with Gasteiger partial charge in [-0.25, -0.2) is 0 Å². The topological polar surface area (TPSA) is 59.3 Å². The molecule has 3 rings (SSSR count). The second kappa shape index (κ2) is 7.38. The molecule has 116 valence electrons. The van der Waals surface area contributed by atoms with Crippen molar-refractivity contribution in [2.75, 3.05) is 18.5 Å². The number of rotatable bonds is 4. The molecule has 2 N–H and O–H groups in total. The molecule has 1 aromatic carbocycles. The van der Waals surface area contributed by atoms with E-state index in [1.54, 1.807) is 6.26 Å². The molecule has 6 heteroatoms. The summed E-state index contributed by atoms with van der Waals surface area (Å²) < 4.78 is 10.6. The molecule has 2 heterocycles. The molecule has 0 spiro atoms. The molecule has 0 aliphatic carbocycles. The molecule has 0 radical (unpaired) electrons. The molecule has 2 aromatic rings. The van der Waals surface area contributed by atoms with E-state index in [0.29, 0.717) is 5.11 Å². The van der Waals surface area contributed by atoms with Gasteiger partial charge in [-0.1, -0.05) is 17.3 Å². The fourth-order valence-corrected chi connectivity index (χ4v) is 2.67. The van der Waals surface area contributed by atoms with Crippen molar-refractivity contribution in [3.8, 4) is 11.3 Å². The van der Waals surface area contributed by atoms with Gasteiger partial charge in [0.25, 0.3) is 0 Å².